The first-order chi connectivity index (χ1) is 18.1. The zero-order valence-corrected chi connectivity index (χ0v) is 21.3. The van der Waals surface area contributed by atoms with Crippen LogP contribution in [0.25, 0.3) is 55.2 Å². The Balaban J connectivity index is 1.37. The maximum atomic E-state index is 12.2. The van der Waals surface area contributed by atoms with Crippen molar-refractivity contribution in [1.29, 1.82) is 0 Å². The van der Waals surface area contributed by atoms with Crippen molar-refractivity contribution in [1.82, 2.24) is 30.1 Å². The van der Waals surface area contributed by atoms with E-state index in [-0.39, 0.29) is 5.91 Å². The van der Waals surface area contributed by atoms with Gasteiger partial charge in [0.25, 0.3) is 0 Å². The van der Waals surface area contributed by atoms with Crippen LogP contribution in [0.5, 0.6) is 0 Å². The van der Waals surface area contributed by atoms with E-state index in [0.717, 1.165) is 62.2 Å². The molecule has 0 aliphatic heterocycles. The molecule has 0 saturated heterocycles. The van der Waals surface area contributed by atoms with Crippen molar-refractivity contribution in [2.45, 2.75) is 33.1 Å². The summed E-state index contributed by atoms with van der Waals surface area (Å²) in [5.41, 5.74) is 6.80. The highest BCUT2D eigenvalue weighted by molar-refractivity contribution is 7.15. The molecule has 5 heterocycles. The predicted octanol–water partition coefficient (Wildman–Crippen LogP) is 6.73. The second-order valence-electron chi connectivity index (χ2n) is 9.00. The molecule has 5 aromatic heterocycles. The highest BCUT2D eigenvalue weighted by atomic mass is 32.1. The normalized spacial score (nSPS) is 11.4. The number of rotatable bonds is 7. The molecule has 6 rings (SSSR count). The number of aryl methyl sites for hydroxylation is 1. The number of amides is 1. The molecule has 0 fully saturated rings. The lowest BCUT2D eigenvalue weighted by Gasteiger charge is -2.07. The summed E-state index contributed by atoms with van der Waals surface area (Å²) < 4.78 is 0. The van der Waals surface area contributed by atoms with E-state index in [1.54, 1.807) is 29.9 Å². The lowest BCUT2D eigenvalue weighted by molar-refractivity contribution is -0.116. The topological polar surface area (TPSA) is 112 Å². The summed E-state index contributed by atoms with van der Waals surface area (Å²) in [5, 5.41) is 11.6. The van der Waals surface area contributed by atoms with Crippen LogP contribution in [0.4, 0.5) is 5.69 Å². The quantitative estimate of drug-likeness (QED) is 0.222. The van der Waals surface area contributed by atoms with Crippen LogP contribution in [0.15, 0.2) is 61.1 Å². The average Bonchev–Trinajstić information content (AvgIpc) is 3.64. The molecule has 0 unspecified atom stereocenters. The van der Waals surface area contributed by atoms with Crippen molar-refractivity contribution in [2.24, 2.45) is 0 Å². The number of unbranched alkanes of at least 4 members (excludes halogenated alkanes) is 1. The molecule has 0 aliphatic rings. The molecule has 1 aromatic carbocycles. The predicted molar refractivity (Wildman–Crippen MR) is 148 cm³/mol. The first-order valence-corrected chi connectivity index (χ1v) is 13.1. The first-order valence-electron chi connectivity index (χ1n) is 12.2. The number of nitrogens with one attached hydrogen (secondary N) is 3. The Bertz CT molecular complexity index is 1750. The number of aromatic amines is 2. The number of nitrogens with zero attached hydrogens (tertiary/aromatic N) is 4. The molecule has 0 radical (unpaired) electrons. The van der Waals surface area contributed by atoms with E-state index >= 15 is 0 Å². The Kier molecular flexibility index (Phi) is 5.97. The minimum absolute atomic E-state index is 0.00447. The third-order valence-corrected chi connectivity index (χ3v) is 7.28. The molecular weight excluding hydrogens is 482 g/mol. The monoisotopic (exact) mass is 507 g/mol. The maximum absolute atomic E-state index is 12.2. The summed E-state index contributed by atoms with van der Waals surface area (Å²) in [5.74, 6) is 0.681. The number of pyridine rings is 2. The zero-order chi connectivity index (χ0) is 25.4. The third kappa shape index (κ3) is 4.49. The Morgan fingerprint density at radius 3 is 2.78 bits per heavy atom. The number of hydrogen-bond acceptors (Lipinski definition) is 6. The van der Waals surface area contributed by atoms with Gasteiger partial charge in [-0.15, -0.1) is 11.3 Å². The van der Waals surface area contributed by atoms with Gasteiger partial charge in [0.15, 0.2) is 5.82 Å². The molecule has 0 atom stereocenters. The van der Waals surface area contributed by atoms with Gasteiger partial charge in [0.05, 0.1) is 27.8 Å². The number of H-pyrrole nitrogens is 2. The number of hydrogen-bond donors (Lipinski definition) is 3. The SMILES string of the molecule is CCCCC(=O)Nc1cncc(-c2ccc3[nH]nc(-c4nc5c(-c6ccc(C)s6)nccc5[nH]4)c3c2)c1. The number of fused-ring (bicyclic) bond motifs is 2. The number of thiophene rings is 1. The van der Waals surface area contributed by atoms with Crippen LogP contribution in [-0.4, -0.2) is 36.0 Å². The fourth-order valence-electron chi connectivity index (χ4n) is 4.39. The van der Waals surface area contributed by atoms with Gasteiger partial charge < -0.3 is 10.3 Å². The van der Waals surface area contributed by atoms with Gasteiger partial charge in [-0.25, -0.2) is 4.98 Å². The van der Waals surface area contributed by atoms with E-state index in [0.29, 0.717) is 17.9 Å². The Morgan fingerprint density at radius 2 is 1.95 bits per heavy atom. The smallest absolute Gasteiger partial charge is 0.224 e. The average molecular weight is 508 g/mol. The van der Waals surface area contributed by atoms with Gasteiger partial charge in [0.1, 0.15) is 16.9 Å². The van der Waals surface area contributed by atoms with Crippen molar-refractivity contribution in [2.75, 3.05) is 5.32 Å². The van der Waals surface area contributed by atoms with E-state index in [1.165, 1.54) is 4.88 Å². The highest BCUT2D eigenvalue weighted by Gasteiger charge is 2.17. The molecule has 0 aliphatic carbocycles. The van der Waals surface area contributed by atoms with Crippen molar-refractivity contribution in [3.63, 3.8) is 0 Å². The van der Waals surface area contributed by atoms with Crippen LogP contribution in [0.2, 0.25) is 0 Å². The minimum atomic E-state index is 0.00447. The molecule has 9 heteroatoms. The van der Waals surface area contributed by atoms with Crippen LogP contribution >= 0.6 is 11.3 Å². The second kappa shape index (κ2) is 9.59. The van der Waals surface area contributed by atoms with Gasteiger partial charge >= 0.3 is 0 Å². The van der Waals surface area contributed by atoms with Crippen LogP contribution in [0.1, 0.15) is 31.1 Å². The van der Waals surface area contributed by atoms with Crippen molar-refractivity contribution < 1.29 is 4.79 Å². The van der Waals surface area contributed by atoms with E-state index in [1.807, 2.05) is 24.3 Å². The molecule has 8 nitrogen and oxygen atoms in total. The van der Waals surface area contributed by atoms with Crippen LogP contribution in [0.3, 0.4) is 0 Å². The number of aromatic nitrogens is 6. The number of benzene rings is 1. The maximum Gasteiger partial charge on any atom is 0.224 e. The summed E-state index contributed by atoms with van der Waals surface area (Å²) >= 11 is 1.70. The molecule has 0 spiro atoms. The second-order valence-corrected chi connectivity index (χ2v) is 10.3. The van der Waals surface area contributed by atoms with E-state index in [2.05, 4.69) is 62.5 Å². The fraction of sp³-hybridized carbons (Fsp3) is 0.179. The van der Waals surface area contributed by atoms with E-state index in [9.17, 15) is 4.79 Å². The Hall–Kier alpha value is -4.37. The number of imidazole rings is 1. The summed E-state index contributed by atoms with van der Waals surface area (Å²) in [6.45, 7) is 4.16. The lowest BCUT2D eigenvalue weighted by Crippen LogP contribution is -2.11. The van der Waals surface area contributed by atoms with E-state index in [4.69, 9.17) is 4.98 Å². The number of anilines is 1. The molecule has 0 bridgehead atoms. The number of carbonyl (C=O) groups excluding carboxylic acids is 1. The van der Waals surface area contributed by atoms with Gasteiger partial charge in [0, 0.05) is 34.6 Å². The number of carbonyl (C=O) groups is 1. The molecule has 184 valence electrons. The fourth-order valence-corrected chi connectivity index (χ4v) is 5.26. The standard InChI is InChI=1S/C28H25N7OS/c1-3-4-5-24(36)31-19-12-18(14-29-15-19)17-7-8-21-20(13-17)25(35-34-21)28-32-22-10-11-30-27(26(22)33-28)23-9-6-16(2)37-23/h6-15H,3-5H2,1-2H3,(H,31,36)(H,32,33)(H,34,35). The summed E-state index contributed by atoms with van der Waals surface area (Å²) in [6, 6.07) is 14.1. The molecule has 3 N–H and O–H groups in total. The molecule has 1 amide bonds. The van der Waals surface area contributed by atoms with Crippen molar-refractivity contribution in [3.8, 4) is 33.2 Å². The highest BCUT2D eigenvalue weighted by Crippen LogP contribution is 2.34. The van der Waals surface area contributed by atoms with E-state index < -0.39 is 0 Å². The van der Waals surface area contributed by atoms with Crippen LogP contribution in [0, 0.1) is 6.92 Å². The van der Waals surface area contributed by atoms with Crippen LogP contribution < -0.4 is 5.32 Å². The molecular formula is C28H25N7OS. The third-order valence-electron chi connectivity index (χ3n) is 6.27. The summed E-state index contributed by atoms with van der Waals surface area (Å²) in [6.07, 6.45) is 7.62. The Labute approximate surface area is 217 Å². The van der Waals surface area contributed by atoms with Gasteiger partial charge in [-0.1, -0.05) is 19.4 Å². The molecule has 0 saturated carbocycles. The van der Waals surface area contributed by atoms with Crippen molar-refractivity contribution >= 4 is 44.9 Å². The largest absolute Gasteiger partial charge is 0.336 e. The van der Waals surface area contributed by atoms with Crippen LogP contribution in [-0.2, 0) is 4.79 Å². The van der Waals surface area contributed by atoms with Gasteiger partial charge in [-0.3, -0.25) is 19.9 Å². The van der Waals surface area contributed by atoms with Gasteiger partial charge in [0.2, 0.25) is 5.91 Å². The minimum Gasteiger partial charge on any atom is -0.336 e. The summed E-state index contributed by atoms with van der Waals surface area (Å²) in [4.78, 5) is 31.8. The van der Waals surface area contributed by atoms with Gasteiger partial charge in [-0.05, 0) is 55.3 Å². The Morgan fingerprint density at radius 1 is 1.03 bits per heavy atom. The lowest BCUT2D eigenvalue weighted by atomic mass is 10.0. The molecule has 37 heavy (non-hydrogen) atoms. The summed E-state index contributed by atoms with van der Waals surface area (Å²) in [7, 11) is 0. The zero-order valence-electron chi connectivity index (χ0n) is 20.5. The molecule has 6 aromatic rings. The first kappa shape index (κ1) is 23.1. The van der Waals surface area contributed by atoms with Crippen molar-refractivity contribution in [3.05, 3.63) is 65.9 Å². The van der Waals surface area contributed by atoms with Gasteiger partial charge in [-0.2, -0.15) is 5.10 Å².